The van der Waals surface area contributed by atoms with Gasteiger partial charge < -0.3 is 9.47 Å². The molecular formula is C14H14N6OS. The zero-order valence-corrected chi connectivity index (χ0v) is 12.8. The quantitative estimate of drug-likeness (QED) is 0.730. The minimum absolute atomic E-state index is 0.0723. The van der Waals surface area contributed by atoms with E-state index in [2.05, 4.69) is 19.3 Å². The maximum Gasteiger partial charge on any atom is 0.275 e. The van der Waals surface area contributed by atoms with Gasteiger partial charge in [-0.3, -0.25) is 9.48 Å². The van der Waals surface area contributed by atoms with E-state index in [1.807, 2.05) is 36.3 Å². The molecule has 1 amide bonds. The molecule has 4 rings (SSSR count). The molecule has 8 heteroatoms. The van der Waals surface area contributed by atoms with Crippen molar-refractivity contribution in [1.29, 1.82) is 0 Å². The van der Waals surface area contributed by atoms with E-state index >= 15 is 0 Å². The van der Waals surface area contributed by atoms with Crippen LogP contribution < -0.4 is 0 Å². The first-order chi connectivity index (χ1) is 10.7. The average Bonchev–Trinajstić information content (AvgIpc) is 3.25. The molecule has 0 fully saturated rings. The van der Waals surface area contributed by atoms with Gasteiger partial charge in [-0.15, -0.1) is 5.10 Å². The van der Waals surface area contributed by atoms with Crippen LogP contribution in [0.25, 0.3) is 0 Å². The Labute approximate surface area is 131 Å². The molecule has 3 aromatic heterocycles. The molecule has 0 bridgehead atoms. The Balaban J connectivity index is 1.60. The average molecular weight is 314 g/mol. The fraction of sp³-hybridized carbons (Fsp3) is 0.286. The number of hydrogen-bond acceptors (Lipinski definition) is 5. The van der Waals surface area contributed by atoms with E-state index in [0.717, 1.165) is 23.5 Å². The summed E-state index contributed by atoms with van der Waals surface area (Å²) in [5, 5.41) is 10.1. The lowest BCUT2D eigenvalue weighted by atomic mass is 10.2. The number of hydrogen-bond donors (Lipinski definition) is 0. The molecule has 0 saturated carbocycles. The smallest absolute Gasteiger partial charge is 0.275 e. The van der Waals surface area contributed by atoms with E-state index in [1.54, 1.807) is 10.3 Å². The van der Waals surface area contributed by atoms with Gasteiger partial charge in [-0.25, -0.2) is 0 Å². The van der Waals surface area contributed by atoms with E-state index in [4.69, 9.17) is 0 Å². The van der Waals surface area contributed by atoms with Gasteiger partial charge in [0.1, 0.15) is 0 Å². The summed E-state index contributed by atoms with van der Waals surface area (Å²) in [6, 6.07) is 3.99. The van der Waals surface area contributed by atoms with E-state index in [-0.39, 0.29) is 5.91 Å². The van der Waals surface area contributed by atoms with Crippen molar-refractivity contribution in [1.82, 2.24) is 28.8 Å². The van der Waals surface area contributed by atoms with Gasteiger partial charge in [-0.1, -0.05) is 4.49 Å². The van der Waals surface area contributed by atoms with Crippen LogP contribution in [0.2, 0.25) is 0 Å². The first-order valence-corrected chi connectivity index (χ1v) is 7.77. The summed E-state index contributed by atoms with van der Waals surface area (Å²) in [5.41, 5.74) is 3.67. The molecule has 3 aromatic rings. The zero-order valence-electron chi connectivity index (χ0n) is 12.0. The third-order valence-corrected chi connectivity index (χ3v) is 4.42. The molecule has 0 radical (unpaired) electrons. The Morgan fingerprint density at radius 2 is 2.14 bits per heavy atom. The van der Waals surface area contributed by atoms with Gasteiger partial charge in [0.05, 0.1) is 31.0 Å². The van der Waals surface area contributed by atoms with Crippen molar-refractivity contribution >= 4 is 17.4 Å². The summed E-state index contributed by atoms with van der Waals surface area (Å²) in [6.07, 6.45) is 4.03. The summed E-state index contributed by atoms with van der Waals surface area (Å²) in [5.74, 6) is -0.0723. The van der Waals surface area contributed by atoms with Gasteiger partial charge in [0, 0.05) is 30.4 Å². The predicted molar refractivity (Wildman–Crippen MR) is 80.2 cm³/mol. The second kappa shape index (κ2) is 5.06. The third kappa shape index (κ3) is 2.12. The van der Waals surface area contributed by atoms with Crippen LogP contribution in [0.3, 0.4) is 0 Å². The van der Waals surface area contributed by atoms with Crippen LogP contribution in [0.1, 0.15) is 27.4 Å². The van der Waals surface area contributed by atoms with Crippen LogP contribution in [0.4, 0.5) is 0 Å². The number of aromatic nitrogens is 5. The van der Waals surface area contributed by atoms with Crippen molar-refractivity contribution in [2.75, 3.05) is 0 Å². The van der Waals surface area contributed by atoms with Crippen LogP contribution in [-0.4, -0.2) is 34.7 Å². The molecule has 7 nitrogen and oxygen atoms in total. The molecule has 0 spiro atoms. The summed E-state index contributed by atoms with van der Waals surface area (Å²) in [7, 11) is 1.93. The Morgan fingerprint density at radius 3 is 2.86 bits per heavy atom. The normalized spacial score (nSPS) is 13.6. The Hall–Kier alpha value is -2.48. The highest BCUT2D eigenvalue weighted by molar-refractivity contribution is 7.03. The third-order valence-electron chi connectivity index (χ3n) is 3.91. The lowest BCUT2D eigenvalue weighted by molar-refractivity contribution is 0.0742. The van der Waals surface area contributed by atoms with Gasteiger partial charge >= 0.3 is 0 Å². The zero-order chi connectivity index (χ0) is 15.1. The number of amides is 1. The number of rotatable bonds is 3. The Morgan fingerprint density at radius 1 is 1.32 bits per heavy atom. The second-order valence-corrected chi connectivity index (χ2v) is 5.91. The molecular weight excluding hydrogens is 300 g/mol. The molecule has 0 N–H and O–H groups in total. The van der Waals surface area contributed by atoms with E-state index < -0.39 is 0 Å². The number of aryl methyl sites for hydroxylation is 1. The van der Waals surface area contributed by atoms with Gasteiger partial charge in [-0.2, -0.15) is 5.10 Å². The Bertz CT molecular complexity index is 805. The Kier molecular flexibility index (Phi) is 3.04. The first-order valence-electron chi connectivity index (χ1n) is 6.93. The molecule has 1 aliphatic rings. The number of fused-ring (bicyclic) bond motifs is 1. The predicted octanol–water partition coefficient (Wildman–Crippen LogP) is 1.28. The maximum atomic E-state index is 12.4. The monoisotopic (exact) mass is 314 g/mol. The lowest BCUT2D eigenvalue weighted by Gasteiger charge is -2.14. The highest BCUT2D eigenvalue weighted by atomic mass is 32.1. The number of carbonyl (C=O) groups is 1. The highest BCUT2D eigenvalue weighted by Crippen LogP contribution is 2.27. The van der Waals surface area contributed by atoms with Crippen LogP contribution in [0, 0.1) is 0 Å². The summed E-state index contributed by atoms with van der Waals surface area (Å²) in [4.78, 5) is 14.2. The minimum Gasteiger partial charge on any atom is -0.348 e. The van der Waals surface area contributed by atoms with E-state index in [9.17, 15) is 4.79 Å². The molecule has 0 aromatic carbocycles. The number of nitrogens with zero attached hydrogens (tertiary/aromatic N) is 6. The lowest BCUT2D eigenvalue weighted by Crippen LogP contribution is -2.26. The van der Waals surface area contributed by atoms with Gasteiger partial charge in [0.2, 0.25) is 0 Å². The van der Waals surface area contributed by atoms with E-state index in [0.29, 0.717) is 18.8 Å². The standard InChI is InChI=1S/C14H14N6OS/c1-18-13-8-20(14(21)12-9-22-17-15-12)6-10(13)11(16-18)7-19-4-2-3-5-19/h2-5,9H,6-8H2,1H3. The van der Waals surface area contributed by atoms with Crippen molar-refractivity contribution < 1.29 is 4.79 Å². The highest BCUT2D eigenvalue weighted by Gasteiger charge is 2.31. The largest absolute Gasteiger partial charge is 0.348 e. The van der Waals surface area contributed by atoms with Gasteiger partial charge in [-0.05, 0) is 23.7 Å². The summed E-state index contributed by atoms with van der Waals surface area (Å²) in [6.45, 7) is 1.87. The van der Waals surface area contributed by atoms with Crippen LogP contribution in [-0.2, 0) is 26.7 Å². The van der Waals surface area contributed by atoms with Crippen molar-refractivity contribution in [3.05, 3.63) is 52.6 Å². The van der Waals surface area contributed by atoms with Crippen molar-refractivity contribution in [2.24, 2.45) is 7.05 Å². The minimum atomic E-state index is -0.0723. The fourth-order valence-electron chi connectivity index (χ4n) is 2.81. The van der Waals surface area contributed by atoms with E-state index in [1.165, 1.54) is 11.5 Å². The van der Waals surface area contributed by atoms with Crippen LogP contribution in [0.5, 0.6) is 0 Å². The van der Waals surface area contributed by atoms with Crippen LogP contribution in [0.15, 0.2) is 29.9 Å². The molecule has 1 aliphatic heterocycles. The molecule has 0 unspecified atom stereocenters. The SMILES string of the molecule is Cn1nc(Cn2cccc2)c2c1CN(C(=O)c1csnn1)C2. The van der Waals surface area contributed by atoms with Crippen molar-refractivity contribution in [3.63, 3.8) is 0 Å². The summed E-state index contributed by atoms with van der Waals surface area (Å²) >= 11 is 1.19. The molecule has 0 saturated heterocycles. The second-order valence-electron chi connectivity index (χ2n) is 5.30. The van der Waals surface area contributed by atoms with Crippen molar-refractivity contribution in [2.45, 2.75) is 19.6 Å². The molecule has 0 atom stereocenters. The number of carbonyl (C=O) groups excluding carboxylic acids is 1. The van der Waals surface area contributed by atoms with Gasteiger partial charge in [0.25, 0.3) is 5.91 Å². The summed E-state index contributed by atoms with van der Waals surface area (Å²) < 4.78 is 7.72. The molecule has 0 aliphatic carbocycles. The van der Waals surface area contributed by atoms with Crippen LogP contribution >= 0.6 is 11.5 Å². The maximum absolute atomic E-state index is 12.4. The van der Waals surface area contributed by atoms with Crippen molar-refractivity contribution in [3.8, 4) is 0 Å². The topological polar surface area (TPSA) is 68.8 Å². The first kappa shape index (κ1) is 13.2. The molecule has 112 valence electrons. The molecule has 22 heavy (non-hydrogen) atoms. The van der Waals surface area contributed by atoms with Gasteiger partial charge in [0.15, 0.2) is 5.69 Å². The fourth-order valence-corrected chi connectivity index (χ4v) is 3.24. The molecule has 4 heterocycles.